The summed E-state index contributed by atoms with van der Waals surface area (Å²) >= 11 is 1.74. The van der Waals surface area contributed by atoms with Crippen LogP contribution in [0.3, 0.4) is 0 Å². The molecule has 0 amide bonds. The van der Waals surface area contributed by atoms with E-state index in [0.717, 1.165) is 48.4 Å². The van der Waals surface area contributed by atoms with Crippen LogP contribution in [0, 0.1) is 13.8 Å². The number of imidazole rings is 1. The molecule has 0 aliphatic rings. The molecule has 8 heteroatoms. The summed E-state index contributed by atoms with van der Waals surface area (Å²) in [4.78, 5) is 14.5. The van der Waals surface area contributed by atoms with Crippen LogP contribution in [0.25, 0.3) is 11.0 Å². The van der Waals surface area contributed by atoms with Gasteiger partial charge in [0.05, 0.1) is 16.0 Å². The first-order valence-electron chi connectivity index (χ1n) is 8.45. The molecular weight excluding hydrogens is 459 g/mol. The highest BCUT2D eigenvalue weighted by Crippen LogP contribution is 2.14. The number of benzene rings is 1. The summed E-state index contributed by atoms with van der Waals surface area (Å²) in [5, 5.41) is 7.86. The zero-order chi connectivity index (χ0) is 17.6. The number of aromatic nitrogens is 3. The minimum Gasteiger partial charge on any atom is -0.356 e. The number of guanidine groups is 1. The van der Waals surface area contributed by atoms with Gasteiger partial charge in [0.1, 0.15) is 5.82 Å². The largest absolute Gasteiger partial charge is 0.356 e. The molecule has 0 saturated carbocycles. The molecule has 3 rings (SSSR count). The summed E-state index contributed by atoms with van der Waals surface area (Å²) in [6.07, 6.45) is 2.83. The summed E-state index contributed by atoms with van der Waals surface area (Å²) in [7, 11) is 1.79. The predicted octanol–water partition coefficient (Wildman–Crippen LogP) is 3.14. The van der Waals surface area contributed by atoms with Crippen molar-refractivity contribution in [3.05, 3.63) is 46.2 Å². The van der Waals surface area contributed by atoms with E-state index in [0.29, 0.717) is 0 Å². The van der Waals surface area contributed by atoms with E-state index in [9.17, 15) is 0 Å². The molecule has 0 spiro atoms. The van der Waals surface area contributed by atoms with Gasteiger partial charge in [0.2, 0.25) is 0 Å². The highest BCUT2D eigenvalue weighted by atomic mass is 127. The fourth-order valence-electron chi connectivity index (χ4n) is 2.79. The van der Waals surface area contributed by atoms with Crippen molar-refractivity contribution >= 4 is 52.3 Å². The molecule has 2 heterocycles. The second-order valence-corrected chi connectivity index (χ2v) is 7.16. The monoisotopic (exact) mass is 484 g/mol. The highest BCUT2D eigenvalue weighted by molar-refractivity contribution is 14.0. The Hall–Kier alpha value is -1.68. The Kier molecular flexibility index (Phi) is 7.83. The number of para-hydroxylation sites is 2. The number of rotatable bonds is 6. The van der Waals surface area contributed by atoms with E-state index in [4.69, 9.17) is 0 Å². The number of fused-ring (bicyclic) bond motifs is 1. The number of hydrogen-bond acceptors (Lipinski definition) is 4. The van der Waals surface area contributed by atoms with Crippen LogP contribution in [0.4, 0.5) is 0 Å². The van der Waals surface area contributed by atoms with Gasteiger partial charge in [0, 0.05) is 44.2 Å². The molecule has 0 radical (unpaired) electrons. The number of nitrogens with one attached hydrogen (secondary N) is 2. The predicted molar refractivity (Wildman–Crippen MR) is 120 cm³/mol. The average molecular weight is 484 g/mol. The molecular formula is C18H25IN6S. The van der Waals surface area contributed by atoms with E-state index in [1.807, 2.05) is 31.3 Å². The first kappa shape index (κ1) is 20.6. The van der Waals surface area contributed by atoms with E-state index in [-0.39, 0.29) is 24.0 Å². The molecule has 3 aromatic rings. The molecule has 6 nitrogen and oxygen atoms in total. The summed E-state index contributed by atoms with van der Waals surface area (Å²) in [5.41, 5.74) is 2.21. The third-order valence-electron chi connectivity index (χ3n) is 4.00. The van der Waals surface area contributed by atoms with Gasteiger partial charge < -0.3 is 15.2 Å². The second kappa shape index (κ2) is 9.86. The van der Waals surface area contributed by atoms with Crippen molar-refractivity contribution in [3.63, 3.8) is 0 Å². The van der Waals surface area contributed by atoms with Crippen molar-refractivity contribution < 1.29 is 0 Å². The Labute approximate surface area is 175 Å². The lowest BCUT2D eigenvalue weighted by molar-refractivity contribution is 0.659. The maximum absolute atomic E-state index is 4.60. The van der Waals surface area contributed by atoms with Crippen LogP contribution in [0.2, 0.25) is 0 Å². The first-order valence-corrected chi connectivity index (χ1v) is 9.26. The second-order valence-electron chi connectivity index (χ2n) is 5.84. The Bertz CT molecular complexity index is 870. The normalized spacial score (nSPS) is 11.4. The van der Waals surface area contributed by atoms with Gasteiger partial charge in [-0.15, -0.1) is 35.3 Å². The minimum atomic E-state index is 0. The Morgan fingerprint density at radius 2 is 1.96 bits per heavy atom. The number of aliphatic imine (C=N–C) groups is 1. The molecule has 0 saturated heterocycles. The zero-order valence-electron chi connectivity index (χ0n) is 15.3. The molecule has 0 unspecified atom stereocenters. The van der Waals surface area contributed by atoms with Crippen LogP contribution < -0.4 is 10.6 Å². The maximum Gasteiger partial charge on any atom is 0.191 e. The molecule has 2 N–H and O–H groups in total. The first-order chi connectivity index (χ1) is 12.2. The minimum absolute atomic E-state index is 0. The maximum atomic E-state index is 4.60. The van der Waals surface area contributed by atoms with Gasteiger partial charge in [-0.2, -0.15) is 0 Å². The molecule has 26 heavy (non-hydrogen) atoms. The Morgan fingerprint density at radius 3 is 2.69 bits per heavy atom. The number of thiazole rings is 1. The van der Waals surface area contributed by atoms with Crippen LogP contribution >= 0.6 is 35.3 Å². The van der Waals surface area contributed by atoms with Crippen LogP contribution in [0.15, 0.2) is 35.5 Å². The third-order valence-corrected chi connectivity index (χ3v) is 4.97. The van der Waals surface area contributed by atoms with Crippen LogP contribution in [-0.2, 0) is 13.0 Å². The van der Waals surface area contributed by atoms with Crippen molar-refractivity contribution in [2.75, 3.05) is 20.1 Å². The summed E-state index contributed by atoms with van der Waals surface area (Å²) < 4.78 is 2.23. The van der Waals surface area contributed by atoms with E-state index in [1.54, 1.807) is 18.4 Å². The fraction of sp³-hybridized carbons (Fsp3) is 0.389. The van der Waals surface area contributed by atoms with Crippen LogP contribution in [-0.4, -0.2) is 40.6 Å². The van der Waals surface area contributed by atoms with Crippen molar-refractivity contribution in [1.29, 1.82) is 0 Å². The number of aryl methyl sites for hydroxylation is 2. The van der Waals surface area contributed by atoms with Gasteiger partial charge in [0.25, 0.3) is 0 Å². The quantitative estimate of drug-likeness (QED) is 0.321. The fourth-order valence-corrected chi connectivity index (χ4v) is 3.58. The molecule has 1 aromatic carbocycles. The van der Waals surface area contributed by atoms with E-state index in [2.05, 4.69) is 43.2 Å². The van der Waals surface area contributed by atoms with Crippen molar-refractivity contribution in [2.45, 2.75) is 26.8 Å². The summed E-state index contributed by atoms with van der Waals surface area (Å²) in [6.45, 7) is 6.58. The molecule has 140 valence electrons. The lowest BCUT2D eigenvalue weighted by atomic mass is 10.3. The van der Waals surface area contributed by atoms with Gasteiger partial charge in [-0.25, -0.2) is 9.97 Å². The van der Waals surface area contributed by atoms with Crippen LogP contribution in [0.1, 0.15) is 15.7 Å². The highest BCUT2D eigenvalue weighted by Gasteiger charge is 2.06. The van der Waals surface area contributed by atoms with Gasteiger partial charge in [-0.05, 0) is 26.0 Å². The van der Waals surface area contributed by atoms with E-state index < -0.39 is 0 Å². The lowest BCUT2D eigenvalue weighted by Gasteiger charge is -2.12. The topological polar surface area (TPSA) is 67.1 Å². The van der Waals surface area contributed by atoms with Crippen LogP contribution in [0.5, 0.6) is 0 Å². The molecule has 0 atom stereocenters. The lowest BCUT2D eigenvalue weighted by Crippen LogP contribution is -2.39. The van der Waals surface area contributed by atoms with Crippen molar-refractivity contribution in [1.82, 2.24) is 25.2 Å². The SMILES string of the molecule is CN=C(NCCc1ncc(C)s1)NCCn1c(C)nc2ccccc21.I. The number of hydrogen-bond donors (Lipinski definition) is 2. The molecule has 0 fully saturated rings. The standard InChI is InChI=1S/C18H24N6S.HI/c1-13-12-22-17(25-13)8-9-20-18(19-3)21-10-11-24-14(2)23-15-6-4-5-7-16(15)24;/h4-7,12H,8-11H2,1-3H3,(H2,19,20,21);1H. The van der Waals surface area contributed by atoms with Gasteiger partial charge >= 0.3 is 0 Å². The average Bonchev–Trinajstić information content (AvgIpc) is 3.16. The van der Waals surface area contributed by atoms with Crippen molar-refractivity contribution in [2.24, 2.45) is 4.99 Å². The Morgan fingerprint density at radius 1 is 1.19 bits per heavy atom. The van der Waals surface area contributed by atoms with Gasteiger partial charge in [0.15, 0.2) is 5.96 Å². The summed E-state index contributed by atoms with van der Waals surface area (Å²) in [5.74, 6) is 1.85. The smallest absolute Gasteiger partial charge is 0.191 e. The van der Waals surface area contributed by atoms with E-state index in [1.165, 1.54) is 10.4 Å². The molecule has 0 aliphatic heterocycles. The van der Waals surface area contributed by atoms with E-state index >= 15 is 0 Å². The summed E-state index contributed by atoms with van der Waals surface area (Å²) in [6, 6.07) is 8.23. The zero-order valence-corrected chi connectivity index (χ0v) is 18.5. The molecule has 2 aromatic heterocycles. The van der Waals surface area contributed by atoms with Gasteiger partial charge in [-0.3, -0.25) is 4.99 Å². The van der Waals surface area contributed by atoms with Gasteiger partial charge in [-0.1, -0.05) is 12.1 Å². The number of halogens is 1. The number of nitrogens with zero attached hydrogens (tertiary/aromatic N) is 4. The molecule has 0 aliphatic carbocycles. The van der Waals surface area contributed by atoms with Crippen molar-refractivity contribution in [3.8, 4) is 0 Å². The Balaban J connectivity index is 0.00000243. The third kappa shape index (κ3) is 5.16. The molecule has 0 bridgehead atoms.